The number of hydrogen-bond acceptors (Lipinski definition) is 11. The molecule has 0 fully saturated rings. The maximum absolute atomic E-state index is 8.25. The van der Waals surface area contributed by atoms with Gasteiger partial charge in [-0.05, 0) is 97.6 Å². The van der Waals surface area contributed by atoms with Crippen LogP contribution in [0.5, 0.6) is 0 Å². The Morgan fingerprint density at radius 2 is 0.649 bits per heavy atom. The van der Waals surface area contributed by atoms with E-state index in [4.69, 9.17) is 61.7 Å². The molecule has 8 heterocycles. The number of rotatable bonds is 8. The third-order valence-corrected chi connectivity index (χ3v) is 7.38. The molecular formula is C34H32B2Cl4N13O3Pr. The first-order valence-electron chi connectivity index (χ1n) is 16.7. The average molecular weight is 975 g/mol. The van der Waals surface area contributed by atoms with Crippen molar-refractivity contribution >= 4 is 61.5 Å². The molecule has 0 aliphatic carbocycles. The molecule has 288 valence electrons. The first-order valence-corrected chi connectivity index (χ1v) is 18.8. The van der Waals surface area contributed by atoms with Gasteiger partial charge in [-0.3, -0.25) is 19.9 Å². The maximum Gasteiger partial charge on any atom is 3.00 e. The van der Waals surface area contributed by atoms with E-state index in [0.717, 1.165) is 45.6 Å². The van der Waals surface area contributed by atoms with Gasteiger partial charge in [-0.2, -0.15) is 0 Å². The molecule has 16 nitrogen and oxygen atoms in total. The Morgan fingerprint density at radius 1 is 0.439 bits per heavy atom. The van der Waals surface area contributed by atoms with Gasteiger partial charge >= 0.3 is 41.3 Å². The predicted molar refractivity (Wildman–Crippen MR) is 224 cm³/mol. The van der Waals surface area contributed by atoms with Crippen LogP contribution in [-0.2, 0) is 0 Å². The zero-order chi connectivity index (χ0) is 40.0. The molecule has 0 aliphatic rings. The molecule has 0 bridgehead atoms. The van der Waals surface area contributed by atoms with Crippen LogP contribution in [0.4, 0.5) is 0 Å². The van der Waals surface area contributed by atoms with Crippen molar-refractivity contribution in [2.24, 2.45) is 0 Å². The molecule has 8 aromatic rings. The molecule has 0 atom stereocenters. The van der Waals surface area contributed by atoms with Crippen molar-refractivity contribution < 1.29 is 46.4 Å². The van der Waals surface area contributed by atoms with E-state index < -0.39 is 20.2 Å². The largest absolute Gasteiger partial charge is 3.00 e. The minimum atomic E-state index is -1.75. The summed E-state index contributed by atoms with van der Waals surface area (Å²) >= 11 is 19.1. The number of alkyl halides is 4. The number of pyridine rings is 4. The van der Waals surface area contributed by atoms with E-state index >= 15 is 0 Å². The molecule has 8 aromatic heterocycles. The normalized spacial score (nSPS) is 9.75. The average Bonchev–Trinajstić information content (AvgIpc) is 4.07. The summed E-state index contributed by atoms with van der Waals surface area (Å²) in [6.45, 7) is 0. The molecule has 0 unspecified atom stereocenters. The van der Waals surface area contributed by atoms with Crippen molar-refractivity contribution in [1.82, 2.24) is 58.7 Å². The van der Waals surface area contributed by atoms with Gasteiger partial charge < -0.3 is 33.7 Å². The van der Waals surface area contributed by atoms with Crippen LogP contribution in [0.3, 0.4) is 0 Å². The number of nitrogens with zero attached hydrogens (tertiary/aromatic N) is 13. The van der Waals surface area contributed by atoms with Crippen molar-refractivity contribution in [2.75, 3.05) is 10.7 Å². The van der Waals surface area contributed by atoms with Crippen LogP contribution in [0.1, 0.15) is 0 Å². The molecule has 0 amide bonds. The van der Waals surface area contributed by atoms with Crippen LogP contribution in [-0.4, -0.2) is 89.6 Å². The Bertz CT molecular complexity index is 1980. The maximum atomic E-state index is 8.25. The quantitative estimate of drug-likeness (QED) is 0.0775. The second-order valence-electron chi connectivity index (χ2n) is 11.2. The Hall–Kier alpha value is -4.71. The van der Waals surface area contributed by atoms with Gasteiger partial charge in [0.05, 0.1) is 38.5 Å². The SMILES string of the molecule is ClCCl.ClCCl.O=[N+]([O-])[O-].[BH2-](n1ccc(-c2ccccn2)n1)n1ccc(-c2ccccn2)n1.[BH2-](n1ccc(-c2ccccn2)n1)n1ccc(-c2ccccn2)n1.[Pr+3]. The summed E-state index contributed by atoms with van der Waals surface area (Å²) in [5.41, 5.74) is 7.05. The zero-order valence-corrected chi connectivity index (χ0v) is 37.1. The molecule has 23 heteroatoms. The fraction of sp³-hybridized carbons (Fsp3) is 0.0588. The number of halogens is 4. The molecule has 0 spiro atoms. The summed E-state index contributed by atoms with van der Waals surface area (Å²) < 4.78 is 7.83. The molecular weight excluding hydrogens is 943 g/mol. The molecule has 0 N–H and O–H groups in total. The topological polar surface area (TPSA) is 189 Å². The first kappa shape index (κ1) is 46.7. The van der Waals surface area contributed by atoms with Crippen LogP contribution in [0.25, 0.3) is 45.6 Å². The number of aromatic nitrogens is 12. The standard InChI is InChI=1S/2C16H14BN6.2CH2Cl2.NO3.Pr/c2*1-3-9-18-13(5-1)15-7-11-22(20-15)17-23-12-8-16(21-23)14-6-2-4-10-19-14;2*2-1-3;2-1(3)4;/h2*1-12H,17H2;2*1H2;;/q2*-1;;;-1;+3. The van der Waals surface area contributed by atoms with Gasteiger partial charge in [0.1, 0.15) is 22.8 Å². The molecule has 0 radical (unpaired) electrons. The molecule has 0 aliphatic heterocycles. The third kappa shape index (κ3) is 16.4. The monoisotopic (exact) mass is 973 g/mol. The minimum absolute atomic E-state index is 0. The fourth-order valence-electron chi connectivity index (χ4n) is 5.13. The van der Waals surface area contributed by atoms with Crippen LogP contribution in [0, 0.1) is 56.6 Å². The van der Waals surface area contributed by atoms with Crippen molar-refractivity contribution in [1.29, 1.82) is 0 Å². The molecule has 8 rings (SSSR count). The van der Waals surface area contributed by atoms with E-state index in [2.05, 4.69) is 40.3 Å². The Morgan fingerprint density at radius 3 is 0.825 bits per heavy atom. The van der Waals surface area contributed by atoms with Gasteiger partial charge in [0.25, 0.3) is 0 Å². The van der Waals surface area contributed by atoms with Gasteiger partial charge in [0.15, 0.2) is 15.1 Å². The molecule has 57 heavy (non-hydrogen) atoms. The van der Waals surface area contributed by atoms with Gasteiger partial charge in [-0.25, -0.2) is 20.4 Å². The zero-order valence-electron chi connectivity index (χ0n) is 30.4. The van der Waals surface area contributed by atoms with Crippen molar-refractivity contribution in [3.05, 3.63) is 162 Å². The van der Waals surface area contributed by atoms with Gasteiger partial charge in [-0.1, -0.05) is 24.3 Å². The van der Waals surface area contributed by atoms with Gasteiger partial charge in [0, 0.05) is 24.8 Å². The predicted octanol–water partition coefficient (Wildman–Crippen LogP) is 5.80. The van der Waals surface area contributed by atoms with E-state index in [1.54, 1.807) is 24.8 Å². The van der Waals surface area contributed by atoms with Crippen molar-refractivity contribution in [2.45, 2.75) is 0 Å². The second-order valence-corrected chi connectivity index (χ2v) is 12.8. The van der Waals surface area contributed by atoms with Crippen molar-refractivity contribution in [3.63, 3.8) is 0 Å². The second kappa shape index (κ2) is 26.3. The van der Waals surface area contributed by atoms with E-state index in [9.17, 15) is 0 Å². The third-order valence-electron chi connectivity index (χ3n) is 7.38. The summed E-state index contributed by atoms with van der Waals surface area (Å²) in [6.07, 6.45) is 15.0. The summed E-state index contributed by atoms with van der Waals surface area (Å²) in [7, 11) is -1.42. The van der Waals surface area contributed by atoms with Gasteiger partial charge in [-0.15, -0.1) is 46.4 Å². The van der Waals surface area contributed by atoms with Gasteiger partial charge in [0.2, 0.25) is 0 Å². The van der Waals surface area contributed by atoms with E-state index in [1.165, 1.54) is 0 Å². The Kier molecular flexibility index (Phi) is 21.5. The Balaban J connectivity index is 0.000000245. The summed E-state index contributed by atoms with van der Waals surface area (Å²) in [6, 6.07) is 31.2. The summed E-state index contributed by atoms with van der Waals surface area (Å²) in [4.78, 5) is 25.5. The molecule has 0 aromatic carbocycles. The Labute approximate surface area is 381 Å². The van der Waals surface area contributed by atoms with E-state index in [0.29, 0.717) is 0 Å². The van der Waals surface area contributed by atoms with Crippen LogP contribution in [0.2, 0.25) is 0 Å². The van der Waals surface area contributed by atoms with Crippen LogP contribution in [0.15, 0.2) is 147 Å². The summed E-state index contributed by atoms with van der Waals surface area (Å²) in [5, 5.41) is 33.5. The van der Waals surface area contributed by atoms with E-state index in [1.807, 2.05) is 140 Å². The summed E-state index contributed by atoms with van der Waals surface area (Å²) in [5.74, 6) is 0. The first-order chi connectivity index (χ1) is 27.3. The molecule has 0 saturated heterocycles. The van der Waals surface area contributed by atoms with Crippen LogP contribution >= 0.6 is 46.4 Å². The fourth-order valence-corrected chi connectivity index (χ4v) is 5.13. The van der Waals surface area contributed by atoms with Crippen LogP contribution < -0.4 is 0 Å². The van der Waals surface area contributed by atoms with Crippen molar-refractivity contribution in [3.8, 4) is 45.6 Å². The smallest absolute Gasteiger partial charge is 0.428 e. The molecule has 0 saturated carbocycles. The van der Waals surface area contributed by atoms with E-state index in [-0.39, 0.29) is 52.0 Å². The number of hydrogen-bond donors (Lipinski definition) is 0. The minimum Gasteiger partial charge on any atom is -0.428 e.